The third kappa shape index (κ3) is 5.12. The molecule has 9 heteroatoms. The second kappa shape index (κ2) is 10.5. The highest BCUT2D eigenvalue weighted by molar-refractivity contribution is 7.23. The number of halogens is 2. The van der Waals surface area contributed by atoms with Crippen molar-refractivity contribution in [2.45, 2.75) is 44.3 Å². The van der Waals surface area contributed by atoms with Crippen molar-refractivity contribution in [3.63, 3.8) is 0 Å². The van der Waals surface area contributed by atoms with Crippen LogP contribution in [0.15, 0.2) is 42.6 Å². The topological polar surface area (TPSA) is 61.7 Å². The van der Waals surface area contributed by atoms with Gasteiger partial charge in [-0.05, 0) is 69.5 Å². The van der Waals surface area contributed by atoms with Crippen LogP contribution in [-0.2, 0) is 0 Å². The Morgan fingerprint density at radius 3 is 2.81 bits per heavy atom. The van der Waals surface area contributed by atoms with Crippen LogP contribution in [0.4, 0.5) is 8.78 Å². The van der Waals surface area contributed by atoms with E-state index in [2.05, 4.69) is 15.5 Å². The number of rotatable bonds is 7. The minimum absolute atomic E-state index is 0.0927. The third-order valence-corrected chi connectivity index (χ3v) is 8.56. The lowest BCUT2D eigenvalue weighted by Crippen LogP contribution is -2.36. The molecule has 0 saturated carbocycles. The zero-order valence-corrected chi connectivity index (χ0v) is 21.5. The first-order valence-corrected chi connectivity index (χ1v) is 14.0. The van der Waals surface area contributed by atoms with Crippen molar-refractivity contribution in [2.24, 2.45) is 0 Å². The average Bonchev–Trinajstić information content (AvgIpc) is 3.64. The highest BCUT2D eigenvalue weighted by Crippen LogP contribution is 2.32. The summed E-state index contributed by atoms with van der Waals surface area (Å²) in [5.74, 6) is -0.290. The maximum atomic E-state index is 14.8. The molecule has 6 rings (SSSR count). The van der Waals surface area contributed by atoms with Crippen LogP contribution in [0.3, 0.4) is 0 Å². The summed E-state index contributed by atoms with van der Waals surface area (Å²) in [5.41, 5.74) is 3.80. The molecule has 2 N–H and O–H groups in total. The van der Waals surface area contributed by atoms with Crippen LogP contribution in [0.1, 0.15) is 54.1 Å². The summed E-state index contributed by atoms with van der Waals surface area (Å²) >= 11 is 1.51. The SMILES string of the molecule is O=C(NCCCN1CCC(F)CC1)c1ccc2c(c1)sc1nc(-c3ccc(C4CCCN4)c(F)c3)cn12. The Morgan fingerprint density at radius 2 is 2.03 bits per heavy atom. The molecule has 2 aromatic heterocycles. The molecule has 2 aliphatic rings. The molecule has 2 aromatic carbocycles. The normalized spacial score (nSPS) is 19.2. The van der Waals surface area contributed by atoms with Crippen LogP contribution in [0.25, 0.3) is 26.4 Å². The largest absolute Gasteiger partial charge is 0.352 e. The molecule has 0 aliphatic carbocycles. The Morgan fingerprint density at radius 1 is 1.16 bits per heavy atom. The van der Waals surface area contributed by atoms with Gasteiger partial charge in [-0.15, -0.1) is 0 Å². The van der Waals surface area contributed by atoms with Crippen molar-refractivity contribution in [2.75, 3.05) is 32.7 Å². The molecule has 2 saturated heterocycles. The molecule has 4 heterocycles. The fraction of sp³-hybridized carbons (Fsp3) is 0.429. The van der Waals surface area contributed by atoms with Gasteiger partial charge in [0.2, 0.25) is 0 Å². The van der Waals surface area contributed by atoms with Crippen LogP contribution in [0.5, 0.6) is 0 Å². The molecule has 194 valence electrons. The van der Waals surface area contributed by atoms with Crippen LogP contribution in [0, 0.1) is 5.82 Å². The van der Waals surface area contributed by atoms with E-state index in [1.54, 1.807) is 6.07 Å². The number of carbonyl (C=O) groups is 1. The number of hydrogen-bond acceptors (Lipinski definition) is 5. The lowest BCUT2D eigenvalue weighted by atomic mass is 10.0. The number of imidazole rings is 1. The molecular formula is C28H31F2N5OS. The molecule has 2 aliphatic heterocycles. The predicted octanol–water partition coefficient (Wildman–Crippen LogP) is 5.33. The molecule has 0 radical (unpaired) electrons. The first kappa shape index (κ1) is 24.5. The van der Waals surface area contributed by atoms with Gasteiger partial charge in [-0.25, -0.2) is 13.8 Å². The molecule has 1 amide bonds. The number of thiazole rings is 1. The van der Waals surface area contributed by atoms with Crippen LogP contribution < -0.4 is 10.6 Å². The van der Waals surface area contributed by atoms with Crippen molar-refractivity contribution < 1.29 is 13.6 Å². The zero-order chi connectivity index (χ0) is 25.4. The Bertz CT molecular complexity index is 1420. The summed E-state index contributed by atoms with van der Waals surface area (Å²) in [5, 5.41) is 6.35. The molecule has 37 heavy (non-hydrogen) atoms. The second-order valence-corrected chi connectivity index (χ2v) is 11.1. The Hall–Kier alpha value is -2.88. The van der Waals surface area contributed by atoms with Gasteiger partial charge < -0.3 is 15.5 Å². The minimum Gasteiger partial charge on any atom is -0.352 e. The monoisotopic (exact) mass is 523 g/mol. The van der Waals surface area contributed by atoms with Gasteiger partial charge >= 0.3 is 0 Å². The number of nitrogens with one attached hydrogen (secondary N) is 2. The fourth-order valence-electron chi connectivity index (χ4n) is 5.43. The van der Waals surface area contributed by atoms with Gasteiger partial charge in [0.25, 0.3) is 5.91 Å². The van der Waals surface area contributed by atoms with E-state index in [4.69, 9.17) is 4.98 Å². The quantitative estimate of drug-likeness (QED) is 0.322. The molecule has 6 nitrogen and oxygen atoms in total. The Kier molecular flexibility index (Phi) is 6.92. The molecule has 0 bridgehead atoms. The molecular weight excluding hydrogens is 492 g/mol. The highest BCUT2D eigenvalue weighted by atomic mass is 32.1. The second-order valence-electron chi connectivity index (χ2n) is 10.1. The van der Waals surface area contributed by atoms with E-state index >= 15 is 0 Å². The summed E-state index contributed by atoms with van der Waals surface area (Å²) in [7, 11) is 0. The van der Waals surface area contributed by atoms with Crippen LogP contribution in [0.2, 0.25) is 0 Å². The van der Waals surface area contributed by atoms with Crippen molar-refractivity contribution in [3.05, 3.63) is 59.5 Å². The molecule has 1 atom stereocenters. The number of piperidine rings is 1. The van der Waals surface area contributed by atoms with Crippen molar-refractivity contribution in [1.82, 2.24) is 24.9 Å². The number of amides is 1. The van der Waals surface area contributed by atoms with Crippen molar-refractivity contribution >= 4 is 32.4 Å². The zero-order valence-electron chi connectivity index (χ0n) is 20.7. The Balaban J connectivity index is 1.11. The lowest BCUT2D eigenvalue weighted by Gasteiger charge is -2.28. The number of likely N-dealkylation sites (tertiary alicyclic amines) is 1. The van der Waals surface area contributed by atoms with Crippen molar-refractivity contribution in [3.8, 4) is 11.3 Å². The van der Waals surface area contributed by atoms with E-state index in [1.165, 1.54) is 11.3 Å². The van der Waals surface area contributed by atoms with Gasteiger partial charge in [-0.1, -0.05) is 23.5 Å². The highest BCUT2D eigenvalue weighted by Gasteiger charge is 2.21. The van der Waals surface area contributed by atoms with Gasteiger partial charge in [-0.3, -0.25) is 9.20 Å². The predicted molar refractivity (Wildman–Crippen MR) is 143 cm³/mol. The number of alkyl halides is 1. The van der Waals surface area contributed by atoms with E-state index in [-0.39, 0.29) is 17.8 Å². The van der Waals surface area contributed by atoms with Gasteiger partial charge in [0.1, 0.15) is 12.0 Å². The summed E-state index contributed by atoms with van der Waals surface area (Å²) in [4.78, 5) is 20.5. The van der Waals surface area contributed by atoms with E-state index in [0.29, 0.717) is 24.9 Å². The smallest absolute Gasteiger partial charge is 0.251 e. The summed E-state index contributed by atoms with van der Waals surface area (Å²) in [6.07, 6.45) is 5.37. The summed E-state index contributed by atoms with van der Waals surface area (Å²) in [6, 6.07) is 11.2. The van der Waals surface area contributed by atoms with Gasteiger partial charge in [0.15, 0.2) is 4.96 Å². The van der Waals surface area contributed by atoms with Crippen molar-refractivity contribution in [1.29, 1.82) is 0 Å². The number of nitrogens with zero attached hydrogens (tertiary/aromatic N) is 3. The first-order valence-electron chi connectivity index (χ1n) is 13.1. The number of carbonyl (C=O) groups excluding carboxylic acids is 1. The first-order chi connectivity index (χ1) is 18.0. The van der Waals surface area contributed by atoms with Crippen LogP contribution in [-0.4, -0.2) is 59.1 Å². The average molecular weight is 524 g/mol. The van der Waals surface area contributed by atoms with Crippen LogP contribution >= 0.6 is 11.3 Å². The lowest BCUT2D eigenvalue weighted by molar-refractivity contribution is 0.0950. The molecule has 2 fully saturated rings. The minimum atomic E-state index is -0.661. The van der Waals surface area contributed by atoms with Gasteiger partial charge in [0, 0.05) is 48.6 Å². The molecule has 1 unspecified atom stereocenters. The Labute approximate surface area is 218 Å². The molecule has 4 aromatic rings. The maximum absolute atomic E-state index is 14.8. The van der Waals surface area contributed by atoms with E-state index < -0.39 is 6.17 Å². The standard InChI is InChI=1S/C28H31F2N5OS/c29-20-8-13-34(14-9-20)12-2-11-32-27(36)19-5-7-25-26(16-19)37-28-33-24(17-35(25)28)18-4-6-21(22(30)15-18)23-3-1-10-31-23/h4-7,15-17,20,23,31H,1-3,8-14H2,(H,32,36). The number of fused-ring (bicyclic) bond motifs is 3. The van der Waals surface area contributed by atoms with E-state index in [9.17, 15) is 13.6 Å². The molecule has 0 spiro atoms. The number of benzene rings is 2. The summed E-state index contributed by atoms with van der Waals surface area (Å²) in [6.45, 7) is 4.00. The van der Waals surface area contributed by atoms with Gasteiger partial charge in [-0.2, -0.15) is 0 Å². The third-order valence-electron chi connectivity index (χ3n) is 7.54. The fourth-order valence-corrected chi connectivity index (χ4v) is 6.48. The summed E-state index contributed by atoms with van der Waals surface area (Å²) < 4.78 is 31.1. The maximum Gasteiger partial charge on any atom is 0.251 e. The van der Waals surface area contributed by atoms with Gasteiger partial charge in [0.05, 0.1) is 15.9 Å². The number of hydrogen-bond donors (Lipinski definition) is 2. The number of aromatic nitrogens is 2. The van der Waals surface area contributed by atoms with E-state index in [0.717, 1.165) is 77.4 Å². The van der Waals surface area contributed by atoms with E-state index in [1.807, 2.05) is 40.9 Å².